The number of hydrogen-bond donors (Lipinski definition) is 3. The topological polar surface area (TPSA) is 70.2 Å². The lowest BCUT2D eigenvalue weighted by molar-refractivity contribution is -0.122. The fourth-order valence-electron chi connectivity index (χ4n) is 3.45. The van der Waals surface area contributed by atoms with Gasteiger partial charge in [0.05, 0.1) is 12.5 Å². The minimum Gasteiger partial charge on any atom is -0.353 e. The van der Waals surface area contributed by atoms with Gasteiger partial charge in [-0.25, -0.2) is 0 Å². The Morgan fingerprint density at radius 3 is 2.41 bits per heavy atom. The molecule has 0 radical (unpaired) electrons. The summed E-state index contributed by atoms with van der Waals surface area (Å²) < 4.78 is 0. The van der Waals surface area contributed by atoms with Crippen molar-refractivity contribution in [2.45, 2.75) is 31.8 Å². The van der Waals surface area contributed by atoms with Gasteiger partial charge in [-0.3, -0.25) is 9.59 Å². The smallest absolute Gasteiger partial charge is 0.251 e. The lowest BCUT2D eigenvalue weighted by Crippen LogP contribution is -2.49. The van der Waals surface area contributed by atoms with Crippen LogP contribution in [0, 0.1) is 5.92 Å². The standard InChI is InChI=1S/C22H27N3O2/c1-16-15-23-13-12-19(16)24-21(26)14-20(17-8-4-2-5-9-17)25-22(27)18-10-6-3-7-11-18/h2-11,16,19-20,23H,12-15H2,1H3,(H,24,26)(H,25,27). The molecule has 1 saturated heterocycles. The molecule has 142 valence electrons. The minimum absolute atomic E-state index is 0.0315. The molecule has 1 fully saturated rings. The first-order valence-corrected chi connectivity index (χ1v) is 9.54. The monoisotopic (exact) mass is 365 g/mol. The van der Waals surface area contributed by atoms with Crippen LogP contribution in [0.5, 0.6) is 0 Å². The maximum absolute atomic E-state index is 12.7. The summed E-state index contributed by atoms with van der Waals surface area (Å²) in [5.41, 5.74) is 1.51. The number of nitrogens with one attached hydrogen (secondary N) is 3. The number of carbonyl (C=O) groups is 2. The molecule has 0 spiro atoms. The Labute approximate surface area is 160 Å². The molecule has 3 rings (SSSR count). The van der Waals surface area contributed by atoms with Crippen LogP contribution in [0.15, 0.2) is 60.7 Å². The van der Waals surface area contributed by atoms with E-state index in [1.54, 1.807) is 12.1 Å². The summed E-state index contributed by atoms with van der Waals surface area (Å²) in [4.78, 5) is 25.3. The Bertz CT molecular complexity index is 749. The van der Waals surface area contributed by atoms with Gasteiger partial charge in [-0.1, -0.05) is 55.5 Å². The van der Waals surface area contributed by atoms with Gasteiger partial charge >= 0.3 is 0 Å². The van der Waals surface area contributed by atoms with E-state index in [0.29, 0.717) is 11.5 Å². The number of piperidine rings is 1. The second kappa shape index (κ2) is 9.33. The summed E-state index contributed by atoms with van der Waals surface area (Å²) >= 11 is 0. The zero-order chi connectivity index (χ0) is 19.1. The van der Waals surface area contributed by atoms with Crippen LogP contribution in [0.4, 0.5) is 0 Å². The number of carbonyl (C=O) groups excluding carboxylic acids is 2. The molecule has 2 aromatic carbocycles. The predicted molar refractivity (Wildman–Crippen MR) is 106 cm³/mol. The van der Waals surface area contributed by atoms with Crippen LogP contribution in [-0.4, -0.2) is 30.9 Å². The molecule has 3 atom stereocenters. The fraction of sp³-hybridized carbons (Fsp3) is 0.364. The Balaban J connectivity index is 1.68. The number of amides is 2. The first-order valence-electron chi connectivity index (χ1n) is 9.54. The third-order valence-electron chi connectivity index (χ3n) is 5.06. The number of rotatable bonds is 6. The maximum Gasteiger partial charge on any atom is 0.251 e. The first kappa shape index (κ1) is 19.1. The van der Waals surface area contributed by atoms with Gasteiger partial charge in [-0.2, -0.15) is 0 Å². The summed E-state index contributed by atoms with van der Waals surface area (Å²) in [7, 11) is 0. The zero-order valence-corrected chi connectivity index (χ0v) is 15.7. The first-order chi connectivity index (χ1) is 13.1. The van der Waals surface area contributed by atoms with Gasteiger partial charge in [-0.05, 0) is 43.1 Å². The third kappa shape index (κ3) is 5.41. The third-order valence-corrected chi connectivity index (χ3v) is 5.06. The van der Waals surface area contributed by atoms with Gasteiger partial charge in [0.2, 0.25) is 5.91 Å². The predicted octanol–water partition coefficient (Wildman–Crippen LogP) is 2.66. The minimum atomic E-state index is -0.365. The SMILES string of the molecule is CC1CNCCC1NC(=O)CC(NC(=O)c1ccccc1)c1ccccc1. The van der Waals surface area contributed by atoms with Crippen molar-refractivity contribution >= 4 is 11.8 Å². The fourth-order valence-corrected chi connectivity index (χ4v) is 3.45. The molecule has 3 N–H and O–H groups in total. The lowest BCUT2D eigenvalue weighted by Gasteiger charge is -2.31. The molecule has 3 unspecified atom stereocenters. The Morgan fingerprint density at radius 2 is 1.74 bits per heavy atom. The van der Waals surface area contributed by atoms with Crippen molar-refractivity contribution in [3.63, 3.8) is 0 Å². The molecule has 27 heavy (non-hydrogen) atoms. The summed E-state index contributed by atoms with van der Waals surface area (Å²) in [6.07, 6.45) is 1.15. The highest BCUT2D eigenvalue weighted by Gasteiger charge is 2.25. The van der Waals surface area contributed by atoms with Crippen molar-refractivity contribution in [2.75, 3.05) is 13.1 Å². The van der Waals surface area contributed by atoms with Crippen molar-refractivity contribution in [2.24, 2.45) is 5.92 Å². The summed E-state index contributed by atoms with van der Waals surface area (Å²) in [6, 6.07) is 18.5. The van der Waals surface area contributed by atoms with Crippen LogP contribution in [0.2, 0.25) is 0 Å². The second-order valence-electron chi connectivity index (χ2n) is 7.15. The Morgan fingerprint density at radius 1 is 1.07 bits per heavy atom. The molecule has 1 aliphatic heterocycles. The Hall–Kier alpha value is -2.66. The molecule has 0 saturated carbocycles. The van der Waals surface area contributed by atoms with E-state index in [-0.39, 0.29) is 30.3 Å². The molecule has 5 heteroatoms. The van der Waals surface area contributed by atoms with Crippen molar-refractivity contribution in [1.82, 2.24) is 16.0 Å². The molecule has 5 nitrogen and oxygen atoms in total. The zero-order valence-electron chi connectivity index (χ0n) is 15.7. The summed E-state index contributed by atoms with van der Waals surface area (Å²) in [5.74, 6) is 0.195. The summed E-state index contributed by atoms with van der Waals surface area (Å²) in [6.45, 7) is 3.98. The Kier molecular flexibility index (Phi) is 6.60. The highest BCUT2D eigenvalue weighted by Crippen LogP contribution is 2.19. The van der Waals surface area contributed by atoms with E-state index in [1.165, 1.54) is 0 Å². The average Bonchev–Trinajstić information content (AvgIpc) is 2.70. The second-order valence-corrected chi connectivity index (χ2v) is 7.15. The van der Waals surface area contributed by atoms with Crippen LogP contribution in [0.3, 0.4) is 0 Å². The summed E-state index contributed by atoms with van der Waals surface area (Å²) in [5, 5.41) is 9.51. The van der Waals surface area contributed by atoms with Crippen LogP contribution in [0.25, 0.3) is 0 Å². The van der Waals surface area contributed by atoms with Crippen molar-refractivity contribution in [3.05, 3.63) is 71.8 Å². The highest BCUT2D eigenvalue weighted by molar-refractivity contribution is 5.94. The molecule has 0 aliphatic carbocycles. The van der Waals surface area contributed by atoms with Gasteiger partial charge in [0.25, 0.3) is 5.91 Å². The van der Waals surface area contributed by atoms with E-state index >= 15 is 0 Å². The molecule has 0 aromatic heterocycles. The van der Waals surface area contributed by atoms with Crippen molar-refractivity contribution in [1.29, 1.82) is 0 Å². The van der Waals surface area contributed by atoms with Crippen LogP contribution in [0.1, 0.15) is 41.7 Å². The molecule has 2 aromatic rings. The molecule has 1 aliphatic rings. The van der Waals surface area contributed by atoms with Gasteiger partial charge in [0, 0.05) is 11.6 Å². The lowest BCUT2D eigenvalue weighted by atomic mass is 9.94. The van der Waals surface area contributed by atoms with Gasteiger partial charge < -0.3 is 16.0 Å². The molecule has 0 bridgehead atoms. The van der Waals surface area contributed by atoms with Crippen LogP contribution >= 0.6 is 0 Å². The van der Waals surface area contributed by atoms with E-state index in [0.717, 1.165) is 25.1 Å². The van der Waals surface area contributed by atoms with Crippen LogP contribution < -0.4 is 16.0 Å². The molecular weight excluding hydrogens is 338 g/mol. The van der Waals surface area contributed by atoms with E-state index in [1.807, 2.05) is 48.5 Å². The van der Waals surface area contributed by atoms with E-state index in [2.05, 4.69) is 22.9 Å². The maximum atomic E-state index is 12.7. The highest BCUT2D eigenvalue weighted by atomic mass is 16.2. The van der Waals surface area contributed by atoms with E-state index < -0.39 is 0 Å². The van der Waals surface area contributed by atoms with E-state index in [4.69, 9.17) is 0 Å². The number of benzene rings is 2. The normalized spacial score (nSPS) is 20.5. The van der Waals surface area contributed by atoms with Gasteiger partial charge in [0.1, 0.15) is 0 Å². The average molecular weight is 365 g/mol. The van der Waals surface area contributed by atoms with Crippen molar-refractivity contribution in [3.8, 4) is 0 Å². The van der Waals surface area contributed by atoms with Gasteiger partial charge in [0.15, 0.2) is 0 Å². The quantitative estimate of drug-likeness (QED) is 0.737. The molecular formula is C22H27N3O2. The van der Waals surface area contributed by atoms with Crippen molar-refractivity contribution < 1.29 is 9.59 Å². The van der Waals surface area contributed by atoms with E-state index in [9.17, 15) is 9.59 Å². The molecule has 2 amide bonds. The molecule has 1 heterocycles. The van der Waals surface area contributed by atoms with Crippen LogP contribution in [-0.2, 0) is 4.79 Å². The van der Waals surface area contributed by atoms with Gasteiger partial charge in [-0.15, -0.1) is 0 Å². The number of hydrogen-bond acceptors (Lipinski definition) is 3. The largest absolute Gasteiger partial charge is 0.353 e.